The molecule has 2 N–H and O–H groups in total. The van der Waals surface area contributed by atoms with Crippen LogP contribution in [0.4, 0.5) is 4.79 Å². The Labute approximate surface area is 207 Å². The van der Waals surface area contributed by atoms with Crippen molar-refractivity contribution in [2.24, 2.45) is 0 Å². The molecule has 35 heavy (non-hydrogen) atoms. The van der Waals surface area contributed by atoms with Crippen LogP contribution < -0.4 is 5.32 Å². The predicted octanol–water partition coefficient (Wildman–Crippen LogP) is 4.58. The largest absolute Gasteiger partial charge is 0.479 e. The van der Waals surface area contributed by atoms with Crippen LogP contribution in [0.25, 0.3) is 11.1 Å². The van der Waals surface area contributed by atoms with Crippen molar-refractivity contribution in [3.8, 4) is 11.1 Å². The maximum Gasteiger partial charge on any atom is 0.408 e. The third-order valence-corrected chi connectivity index (χ3v) is 7.75. The van der Waals surface area contributed by atoms with E-state index in [9.17, 15) is 19.5 Å². The lowest BCUT2D eigenvalue weighted by Gasteiger charge is -2.38. The molecule has 8 heteroatoms. The van der Waals surface area contributed by atoms with E-state index < -0.39 is 29.6 Å². The highest BCUT2D eigenvalue weighted by molar-refractivity contribution is 7.10. The van der Waals surface area contributed by atoms with Crippen molar-refractivity contribution in [2.45, 2.75) is 37.8 Å². The Hall–Kier alpha value is -3.65. The fourth-order valence-corrected chi connectivity index (χ4v) is 6.01. The van der Waals surface area contributed by atoms with E-state index in [0.29, 0.717) is 12.0 Å². The first-order valence-electron chi connectivity index (χ1n) is 11.5. The molecule has 1 aromatic heterocycles. The van der Waals surface area contributed by atoms with Crippen molar-refractivity contribution in [3.05, 3.63) is 81.5 Å². The Bertz CT molecular complexity index is 1270. The second-order valence-electron chi connectivity index (χ2n) is 9.36. The number of hydrogen-bond acceptors (Lipinski definition) is 5. The number of hydrogen-bond donors (Lipinski definition) is 2. The molecule has 1 unspecified atom stereocenters. The van der Waals surface area contributed by atoms with Gasteiger partial charge in [0.25, 0.3) is 0 Å². The van der Waals surface area contributed by atoms with Crippen LogP contribution in [0.15, 0.2) is 60.0 Å². The van der Waals surface area contributed by atoms with Crippen molar-refractivity contribution in [1.29, 1.82) is 0 Å². The van der Waals surface area contributed by atoms with Crippen LogP contribution in [0.5, 0.6) is 0 Å². The molecule has 0 radical (unpaired) electrons. The number of amides is 2. The van der Waals surface area contributed by atoms with Gasteiger partial charge in [-0.1, -0.05) is 48.5 Å². The third kappa shape index (κ3) is 4.08. The molecule has 0 bridgehead atoms. The number of benzene rings is 2. The molecular weight excluding hydrogens is 464 g/mol. The first-order valence-corrected chi connectivity index (χ1v) is 12.4. The first kappa shape index (κ1) is 23.1. The molecule has 2 amide bonds. The molecule has 7 nitrogen and oxygen atoms in total. The van der Waals surface area contributed by atoms with Crippen LogP contribution in [0.3, 0.4) is 0 Å². The highest BCUT2D eigenvalue weighted by Gasteiger charge is 2.43. The van der Waals surface area contributed by atoms with Gasteiger partial charge in [-0.25, -0.2) is 9.59 Å². The molecule has 1 atom stereocenters. The van der Waals surface area contributed by atoms with Crippen LogP contribution in [0.1, 0.15) is 47.4 Å². The number of nitrogens with zero attached hydrogens (tertiary/aromatic N) is 1. The molecule has 5 rings (SSSR count). The molecular formula is C27H26N2O5S. The number of nitrogens with one attached hydrogen (secondary N) is 1. The third-order valence-electron chi connectivity index (χ3n) is 6.75. The second kappa shape index (κ2) is 8.85. The van der Waals surface area contributed by atoms with E-state index in [1.807, 2.05) is 41.8 Å². The summed E-state index contributed by atoms with van der Waals surface area (Å²) in [4.78, 5) is 40.5. The standard InChI is InChI=1S/C27H26N2O5S/c1-27(2,25(32)29-13-11-22-20(12-14-35-22)23(29)24(30)31)28-26(33)34-15-21-18-9-5-3-7-16(18)17-8-4-6-10-19(17)21/h3-10,12,14,21,23H,11,13,15H2,1-2H3,(H,28,33)(H,30,31). The van der Waals surface area contributed by atoms with Gasteiger partial charge in [0.15, 0.2) is 6.04 Å². The summed E-state index contributed by atoms with van der Waals surface area (Å²) in [5.74, 6) is -1.65. The van der Waals surface area contributed by atoms with Crippen molar-refractivity contribution in [2.75, 3.05) is 13.2 Å². The summed E-state index contributed by atoms with van der Waals surface area (Å²) in [6, 6.07) is 16.8. The van der Waals surface area contributed by atoms with Crippen molar-refractivity contribution in [3.63, 3.8) is 0 Å². The lowest BCUT2D eigenvalue weighted by Crippen LogP contribution is -2.58. The number of carbonyl (C=O) groups is 3. The topological polar surface area (TPSA) is 95.9 Å². The van der Waals surface area contributed by atoms with E-state index in [4.69, 9.17) is 4.74 Å². The van der Waals surface area contributed by atoms with Gasteiger partial charge in [-0.2, -0.15) is 0 Å². The summed E-state index contributed by atoms with van der Waals surface area (Å²) in [5.41, 5.74) is 3.75. The van der Waals surface area contributed by atoms with E-state index >= 15 is 0 Å². The number of fused-ring (bicyclic) bond motifs is 4. The van der Waals surface area contributed by atoms with Gasteiger partial charge in [-0.15, -0.1) is 11.3 Å². The molecule has 3 aromatic rings. The van der Waals surface area contributed by atoms with Crippen LogP contribution in [-0.4, -0.2) is 46.7 Å². The Kier molecular flexibility index (Phi) is 5.84. The number of carbonyl (C=O) groups excluding carboxylic acids is 2. The number of carboxylic acid groups (broad SMARTS) is 1. The summed E-state index contributed by atoms with van der Waals surface area (Å²) in [5, 5.41) is 14.3. The zero-order valence-electron chi connectivity index (χ0n) is 19.5. The fraction of sp³-hybridized carbons (Fsp3) is 0.296. The van der Waals surface area contributed by atoms with Crippen LogP contribution in [0.2, 0.25) is 0 Å². The minimum Gasteiger partial charge on any atom is -0.479 e. The molecule has 2 aromatic carbocycles. The predicted molar refractivity (Wildman–Crippen MR) is 132 cm³/mol. The van der Waals surface area contributed by atoms with E-state index in [-0.39, 0.29) is 19.1 Å². The average molecular weight is 491 g/mol. The quantitative estimate of drug-likeness (QED) is 0.546. The summed E-state index contributed by atoms with van der Waals surface area (Å²) in [6.07, 6.45) is -0.130. The molecule has 1 aliphatic heterocycles. The van der Waals surface area contributed by atoms with E-state index in [0.717, 1.165) is 27.1 Å². The van der Waals surface area contributed by atoms with Gasteiger partial charge in [0.2, 0.25) is 5.91 Å². The number of thiophene rings is 1. The minimum atomic E-state index is -1.34. The van der Waals surface area contributed by atoms with Crippen LogP contribution in [0, 0.1) is 0 Å². The van der Waals surface area contributed by atoms with Gasteiger partial charge < -0.3 is 20.1 Å². The van der Waals surface area contributed by atoms with Gasteiger partial charge in [0, 0.05) is 17.3 Å². The number of alkyl carbamates (subject to hydrolysis) is 1. The zero-order valence-corrected chi connectivity index (χ0v) is 20.3. The lowest BCUT2D eigenvalue weighted by molar-refractivity contribution is -0.153. The lowest BCUT2D eigenvalue weighted by atomic mass is 9.95. The highest BCUT2D eigenvalue weighted by Crippen LogP contribution is 2.44. The van der Waals surface area contributed by atoms with Gasteiger partial charge in [-0.3, -0.25) is 4.79 Å². The number of ether oxygens (including phenoxy) is 1. The molecule has 0 spiro atoms. The molecule has 2 aliphatic rings. The Balaban J connectivity index is 1.28. The van der Waals surface area contributed by atoms with Crippen LogP contribution >= 0.6 is 11.3 Å². The van der Waals surface area contributed by atoms with Gasteiger partial charge in [-0.05, 0) is 59.5 Å². The van der Waals surface area contributed by atoms with Gasteiger partial charge in [0.05, 0.1) is 0 Å². The molecule has 0 fully saturated rings. The Morgan fingerprint density at radius 3 is 2.29 bits per heavy atom. The molecule has 0 saturated heterocycles. The highest BCUT2D eigenvalue weighted by atomic mass is 32.1. The summed E-state index contributed by atoms with van der Waals surface area (Å²) < 4.78 is 5.60. The van der Waals surface area contributed by atoms with Crippen molar-refractivity contribution >= 4 is 29.3 Å². The average Bonchev–Trinajstić information content (AvgIpc) is 3.44. The second-order valence-corrected chi connectivity index (χ2v) is 10.4. The first-order chi connectivity index (χ1) is 16.8. The number of rotatable bonds is 5. The Morgan fingerprint density at radius 2 is 1.66 bits per heavy atom. The van der Waals surface area contributed by atoms with Gasteiger partial charge in [0.1, 0.15) is 12.1 Å². The van der Waals surface area contributed by atoms with Crippen LogP contribution in [-0.2, 0) is 20.7 Å². The maximum atomic E-state index is 13.4. The summed E-state index contributed by atoms with van der Waals surface area (Å²) in [7, 11) is 0. The van der Waals surface area contributed by atoms with Crippen molar-refractivity contribution in [1.82, 2.24) is 10.2 Å². The van der Waals surface area contributed by atoms with Gasteiger partial charge >= 0.3 is 12.1 Å². The summed E-state index contributed by atoms with van der Waals surface area (Å²) >= 11 is 1.50. The molecule has 1 aliphatic carbocycles. The SMILES string of the molecule is CC(C)(NC(=O)OCC1c2ccccc2-c2ccccc21)C(=O)N1CCc2sccc2C1C(=O)O. The van der Waals surface area contributed by atoms with E-state index in [1.165, 1.54) is 16.2 Å². The minimum absolute atomic E-state index is 0.0949. The Morgan fingerprint density at radius 1 is 1.03 bits per heavy atom. The maximum absolute atomic E-state index is 13.4. The fourth-order valence-electron chi connectivity index (χ4n) is 5.10. The number of carboxylic acids is 1. The molecule has 2 heterocycles. The number of aliphatic carboxylic acids is 1. The molecule has 0 saturated carbocycles. The normalized spacial score (nSPS) is 16.7. The zero-order chi connectivity index (χ0) is 24.7. The monoisotopic (exact) mass is 490 g/mol. The smallest absolute Gasteiger partial charge is 0.408 e. The van der Waals surface area contributed by atoms with E-state index in [1.54, 1.807) is 19.9 Å². The molecule has 180 valence electrons. The summed E-state index contributed by atoms with van der Waals surface area (Å²) in [6.45, 7) is 3.54. The van der Waals surface area contributed by atoms with Crippen molar-refractivity contribution < 1.29 is 24.2 Å². The van der Waals surface area contributed by atoms with E-state index in [2.05, 4.69) is 17.4 Å².